The number of nitrogens with two attached hydrogens (primary N) is 1. The number of hydrogen-bond acceptors (Lipinski definition) is 8. The van der Waals surface area contributed by atoms with Crippen LogP contribution in [0.3, 0.4) is 0 Å². The average molecular weight is 462 g/mol. The molecule has 1 rings (SSSR count). The summed E-state index contributed by atoms with van der Waals surface area (Å²) in [7, 11) is 0. The number of rotatable bonds is 18. The maximum atomic E-state index is 10.2. The first kappa shape index (κ1) is 29.5. The fraction of sp³-hybridized carbons (Fsp3) is 0.917. The van der Waals surface area contributed by atoms with Crippen molar-refractivity contribution < 1.29 is 35.0 Å². The Kier molecular flexibility index (Phi) is 16.4. The fourth-order valence-electron chi connectivity index (χ4n) is 3.81. The molecule has 0 amide bonds. The third-order valence-electron chi connectivity index (χ3n) is 6.05. The Bertz CT molecular complexity index is 477. The second-order valence-electron chi connectivity index (χ2n) is 8.94. The highest BCUT2D eigenvalue weighted by molar-refractivity contribution is 4.94. The molecule has 0 aromatic rings. The van der Waals surface area contributed by atoms with Crippen molar-refractivity contribution in [1.82, 2.24) is 0 Å². The summed E-state index contributed by atoms with van der Waals surface area (Å²) in [5, 5.41) is 48.8. The Morgan fingerprint density at radius 3 is 2.00 bits per heavy atom. The number of allylic oxidation sites excluding steroid dienone is 1. The molecule has 2 unspecified atom stereocenters. The van der Waals surface area contributed by atoms with Crippen LogP contribution in [0.5, 0.6) is 0 Å². The molecule has 0 spiro atoms. The molecular weight excluding hydrogens is 414 g/mol. The van der Waals surface area contributed by atoms with Gasteiger partial charge in [-0.25, -0.2) is 0 Å². The minimum Gasteiger partial charge on any atom is -0.394 e. The van der Waals surface area contributed by atoms with Gasteiger partial charge in [-0.3, -0.25) is 0 Å². The van der Waals surface area contributed by atoms with E-state index in [0.717, 1.165) is 12.8 Å². The van der Waals surface area contributed by atoms with Crippen LogP contribution in [0, 0.1) is 0 Å². The van der Waals surface area contributed by atoms with Gasteiger partial charge in [0.1, 0.15) is 24.4 Å². The molecule has 0 aliphatic carbocycles. The first-order chi connectivity index (χ1) is 15.4. The minimum absolute atomic E-state index is 0.118. The fourth-order valence-corrected chi connectivity index (χ4v) is 3.81. The van der Waals surface area contributed by atoms with Gasteiger partial charge in [-0.1, -0.05) is 83.3 Å². The minimum atomic E-state index is -1.50. The monoisotopic (exact) mass is 461 g/mol. The largest absolute Gasteiger partial charge is 0.394 e. The summed E-state index contributed by atoms with van der Waals surface area (Å²) in [6.45, 7) is 1.60. The smallest absolute Gasteiger partial charge is 0.186 e. The lowest BCUT2D eigenvalue weighted by Crippen LogP contribution is -2.59. The van der Waals surface area contributed by atoms with Crippen LogP contribution in [0.4, 0.5) is 0 Å². The molecule has 32 heavy (non-hydrogen) atoms. The van der Waals surface area contributed by atoms with E-state index in [2.05, 4.69) is 6.92 Å². The van der Waals surface area contributed by atoms with E-state index in [9.17, 15) is 25.5 Å². The Morgan fingerprint density at radius 2 is 1.44 bits per heavy atom. The van der Waals surface area contributed by atoms with Crippen LogP contribution in [-0.2, 0) is 9.47 Å². The molecule has 7 atom stereocenters. The van der Waals surface area contributed by atoms with E-state index < -0.39 is 49.5 Å². The van der Waals surface area contributed by atoms with Crippen LogP contribution in [0.15, 0.2) is 12.2 Å². The van der Waals surface area contributed by atoms with Gasteiger partial charge in [0.2, 0.25) is 0 Å². The molecule has 0 saturated carbocycles. The Balaban J connectivity index is 2.10. The maximum Gasteiger partial charge on any atom is 0.186 e. The number of aliphatic hydroxyl groups is 5. The molecule has 1 saturated heterocycles. The third kappa shape index (κ3) is 11.5. The van der Waals surface area contributed by atoms with Gasteiger partial charge < -0.3 is 40.7 Å². The average Bonchev–Trinajstić information content (AvgIpc) is 2.79. The van der Waals surface area contributed by atoms with Gasteiger partial charge in [0.15, 0.2) is 6.29 Å². The van der Waals surface area contributed by atoms with Crippen molar-refractivity contribution in [3.05, 3.63) is 12.2 Å². The van der Waals surface area contributed by atoms with Crippen molar-refractivity contribution in [1.29, 1.82) is 0 Å². The molecule has 0 aromatic heterocycles. The van der Waals surface area contributed by atoms with Gasteiger partial charge in [-0.05, 0) is 12.8 Å². The molecule has 1 aliphatic heterocycles. The van der Waals surface area contributed by atoms with Gasteiger partial charge in [-0.2, -0.15) is 0 Å². The van der Waals surface area contributed by atoms with Gasteiger partial charge in [0.25, 0.3) is 0 Å². The predicted molar refractivity (Wildman–Crippen MR) is 124 cm³/mol. The molecular formula is C24H47NO7. The topological polar surface area (TPSA) is 146 Å². The van der Waals surface area contributed by atoms with E-state index in [-0.39, 0.29) is 6.61 Å². The van der Waals surface area contributed by atoms with Gasteiger partial charge in [0.05, 0.1) is 25.4 Å². The van der Waals surface area contributed by atoms with Crippen LogP contribution < -0.4 is 5.73 Å². The van der Waals surface area contributed by atoms with Crippen LogP contribution >= 0.6 is 0 Å². The highest BCUT2D eigenvalue weighted by atomic mass is 16.7. The highest BCUT2D eigenvalue weighted by Gasteiger charge is 2.44. The van der Waals surface area contributed by atoms with Crippen LogP contribution in [0.2, 0.25) is 0 Å². The Hall–Kier alpha value is -0.580. The zero-order chi connectivity index (χ0) is 23.8. The molecule has 1 fully saturated rings. The number of hydrogen-bond donors (Lipinski definition) is 6. The van der Waals surface area contributed by atoms with Crippen molar-refractivity contribution in [2.45, 2.75) is 127 Å². The molecule has 8 heteroatoms. The van der Waals surface area contributed by atoms with Crippen molar-refractivity contribution in [3.63, 3.8) is 0 Å². The quantitative estimate of drug-likeness (QED) is 0.134. The van der Waals surface area contributed by atoms with Crippen molar-refractivity contribution in [2.75, 3.05) is 13.2 Å². The van der Waals surface area contributed by atoms with Gasteiger partial charge in [0, 0.05) is 0 Å². The predicted octanol–water partition coefficient (Wildman–Crippen LogP) is 1.75. The second-order valence-corrected chi connectivity index (χ2v) is 8.94. The third-order valence-corrected chi connectivity index (χ3v) is 6.05. The lowest BCUT2D eigenvalue weighted by molar-refractivity contribution is -0.302. The van der Waals surface area contributed by atoms with Gasteiger partial charge >= 0.3 is 0 Å². The van der Waals surface area contributed by atoms with E-state index in [4.69, 9.17) is 15.2 Å². The van der Waals surface area contributed by atoms with Gasteiger partial charge in [-0.15, -0.1) is 0 Å². The van der Waals surface area contributed by atoms with E-state index in [1.54, 1.807) is 6.08 Å². The first-order valence-corrected chi connectivity index (χ1v) is 12.4. The van der Waals surface area contributed by atoms with Crippen molar-refractivity contribution >= 4 is 0 Å². The van der Waals surface area contributed by atoms with E-state index in [0.29, 0.717) is 0 Å². The zero-order valence-corrected chi connectivity index (χ0v) is 19.7. The van der Waals surface area contributed by atoms with Crippen molar-refractivity contribution in [2.24, 2.45) is 5.73 Å². The normalized spacial score (nSPS) is 28.3. The second kappa shape index (κ2) is 17.8. The molecule has 190 valence electrons. The van der Waals surface area contributed by atoms with E-state index >= 15 is 0 Å². The summed E-state index contributed by atoms with van der Waals surface area (Å²) < 4.78 is 10.6. The molecule has 1 aliphatic rings. The Morgan fingerprint density at radius 1 is 0.875 bits per heavy atom. The number of aliphatic hydroxyl groups excluding tert-OH is 5. The number of unbranched alkanes of at least 4 members (excludes halogenated alkanes) is 11. The summed E-state index contributed by atoms with van der Waals surface area (Å²) in [5.41, 5.74) is 5.93. The summed E-state index contributed by atoms with van der Waals surface area (Å²) in [6, 6.07) is -0.740. The molecule has 1 heterocycles. The Labute approximate surface area is 193 Å². The van der Waals surface area contributed by atoms with E-state index in [1.165, 1.54) is 64.2 Å². The zero-order valence-electron chi connectivity index (χ0n) is 19.7. The first-order valence-electron chi connectivity index (χ1n) is 12.4. The van der Waals surface area contributed by atoms with Crippen molar-refractivity contribution in [3.8, 4) is 0 Å². The molecule has 0 radical (unpaired) electrons. The lowest BCUT2D eigenvalue weighted by Gasteiger charge is -2.39. The lowest BCUT2D eigenvalue weighted by atomic mass is 9.99. The summed E-state index contributed by atoms with van der Waals surface area (Å²) in [5.74, 6) is 0. The summed E-state index contributed by atoms with van der Waals surface area (Å²) >= 11 is 0. The van der Waals surface area contributed by atoms with E-state index in [1.807, 2.05) is 6.08 Å². The van der Waals surface area contributed by atoms with Crippen LogP contribution in [-0.4, -0.2) is 81.6 Å². The summed E-state index contributed by atoms with van der Waals surface area (Å²) in [6.07, 6.45) is 11.1. The highest BCUT2D eigenvalue weighted by Crippen LogP contribution is 2.22. The van der Waals surface area contributed by atoms with Crippen LogP contribution in [0.1, 0.15) is 84.0 Å². The molecule has 8 nitrogen and oxygen atoms in total. The maximum absolute atomic E-state index is 10.2. The molecule has 0 aromatic carbocycles. The molecule has 7 N–H and O–H groups in total. The molecule has 0 bridgehead atoms. The standard InChI is InChI=1S/C24H47NO7/c1-2-3-4-5-6-7-8-9-10-11-12-13-14-15-19(27)18(25)17-31-24-23(30)22(29)21(28)20(16-26)32-24/h14-15,18-24,26-30H,2-13,16-17,25H2,1H3/b15-14+/t18?,19?,20-,21+,22+,23-,24-/m1/s1. The SMILES string of the molecule is CCCCCCCCCCCCC/C=C/C(O)C(N)CO[C@@H]1O[C@H](CO)[C@H](O)[C@H](O)[C@H]1O. The van der Waals surface area contributed by atoms with Crippen LogP contribution in [0.25, 0.3) is 0 Å². The summed E-state index contributed by atoms with van der Waals surface area (Å²) in [4.78, 5) is 0. The number of ether oxygens (including phenoxy) is 2.